The van der Waals surface area contributed by atoms with E-state index in [0.29, 0.717) is 31.5 Å². The molecule has 4 aromatic rings. The number of phenols is 1. The Labute approximate surface area is 234 Å². The van der Waals surface area contributed by atoms with Crippen molar-refractivity contribution in [3.63, 3.8) is 0 Å². The summed E-state index contributed by atoms with van der Waals surface area (Å²) in [5, 5.41) is 12.8. The minimum Gasteiger partial charge on any atom is -0.508 e. The maximum atomic E-state index is 13.8. The molecule has 39 heavy (non-hydrogen) atoms. The van der Waals surface area contributed by atoms with E-state index in [1.54, 1.807) is 42.5 Å². The Morgan fingerprint density at radius 1 is 0.872 bits per heavy atom. The zero-order chi connectivity index (χ0) is 27.0. The van der Waals surface area contributed by atoms with Crippen molar-refractivity contribution in [2.24, 2.45) is 0 Å². The fraction of sp³-hybridized carbons (Fsp3) is 0.133. The lowest BCUT2D eigenvalue weighted by Gasteiger charge is -2.40. The molecule has 1 aliphatic heterocycles. The molecular weight excluding hydrogens is 609 g/mol. The molecule has 8 nitrogen and oxygen atoms in total. The zero-order valence-electron chi connectivity index (χ0n) is 20.4. The molecule has 192 valence electrons. The average molecular weight is 629 g/mol. The van der Waals surface area contributed by atoms with Gasteiger partial charge in [0.15, 0.2) is 11.6 Å². The number of hydrogen-bond acceptors (Lipinski definition) is 5. The van der Waals surface area contributed by atoms with Crippen LogP contribution in [0.4, 0.5) is 0 Å². The van der Waals surface area contributed by atoms with E-state index in [-0.39, 0.29) is 30.3 Å². The smallest absolute Gasteiger partial charge is 0.352 e. The van der Waals surface area contributed by atoms with Crippen LogP contribution in [0.15, 0.2) is 109 Å². The maximum Gasteiger partial charge on any atom is 0.352 e. The Hall–Kier alpha value is -4.25. The van der Waals surface area contributed by atoms with Gasteiger partial charge in [-0.2, -0.15) is 0 Å². The second-order valence-electron chi connectivity index (χ2n) is 9.82. The molecule has 0 bridgehead atoms. The SMILES string of the molecule is O=C1C=C(I)C(=O)C2=C1CC1C(=CCn3c(=O)n(-c4ccccc4)c(=O)n31)C2c1c(O)ccc2ccccc12. The van der Waals surface area contributed by atoms with Gasteiger partial charge in [-0.15, -0.1) is 0 Å². The number of aromatic nitrogens is 3. The van der Waals surface area contributed by atoms with Gasteiger partial charge in [0.1, 0.15) is 5.75 Å². The molecule has 0 saturated heterocycles. The van der Waals surface area contributed by atoms with E-state index < -0.39 is 23.3 Å². The predicted octanol–water partition coefficient (Wildman–Crippen LogP) is 4.10. The molecule has 1 aromatic heterocycles. The van der Waals surface area contributed by atoms with Crippen molar-refractivity contribution < 1.29 is 14.7 Å². The Bertz CT molecular complexity index is 1970. The first-order valence-corrected chi connectivity index (χ1v) is 13.5. The summed E-state index contributed by atoms with van der Waals surface area (Å²) in [7, 11) is 0. The van der Waals surface area contributed by atoms with E-state index in [0.717, 1.165) is 15.3 Å². The van der Waals surface area contributed by atoms with Crippen LogP contribution in [0.3, 0.4) is 0 Å². The first-order chi connectivity index (χ1) is 18.9. The molecule has 0 saturated carbocycles. The lowest BCUT2D eigenvalue weighted by molar-refractivity contribution is -0.115. The minimum absolute atomic E-state index is 0.00548. The number of ketones is 2. The van der Waals surface area contributed by atoms with Gasteiger partial charge < -0.3 is 5.11 Å². The molecule has 2 heterocycles. The molecule has 7 rings (SSSR count). The van der Waals surface area contributed by atoms with E-state index in [9.17, 15) is 24.3 Å². The molecule has 2 atom stereocenters. The van der Waals surface area contributed by atoms with Gasteiger partial charge in [-0.05, 0) is 57.1 Å². The van der Waals surface area contributed by atoms with E-state index in [2.05, 4.69) is 0 Å². The fourth-order valence-electron chi connectivity index (χ4n) is 6.18. The summed E-state index contributed by atoms with van der Waals surface area (Å²) in [6.07, 6.45) is 3.27. The van der Waals surface area contributed by atoms with Crippen molar-refractivity contribution in [2.75, 3.05) is 0 Å². The van der Waals surface area contributed by atoms with Gasteiger partial charge >= 0.3 is 11.4 Å². The van der Waals surface area contributed by atoms with Gasteiger partial charge in [-0.1, -0.05) is 54.6 Å². The molecule has 2 unspecified atom stereocenters. The van der Waals surface area contributed by atoms with Crippen LogP contribution in [0, 0.1) is 0 Å². The number of allylic oxidation sites excluding steroid dienone is 6. The quantitative estimate of drug-likeness (QED) is 0.205. The molecule has 3 aromatic carbocycles. The summed E-state index contributed by atoms with van der Waals surface area (Å²) in [6, 6.07) is 18.9. The minimum atomic E-state index is -0.768. The highest BCUT2D eigenvalue weighted by atomic mass is 127. The fourth-order valence-corrected chi connectivity index (χ4v) is 6.76. The summed E-state index contributed by atoms with van der Waals surface area (Å²) in [6.45, 7) is 0.111. The third kappa shape index (κ3) is 3.35. The largest absolute Gasteiger partial charge is 0.508 e. The first kappa shape index (κ1) is 23.8. The highest BCUT2D eigenvalue weighted by Gasteiger charge is 2.46. The third-order valence-corrected chi connectivity index (χ3v) is 8.65. The lowest BCUT2D eigenvalue weighted by atomic mass is 9.68. The monoisotopic (exact) mass is 629 g/mol. The Balaban J connectivity index is 1.52. The molecule has 2 aliphatic carbocycles. The molecule has 0 radical (unpaired) electrons. The number of rotatable bonds is 2. The van der Waals surface area contributed by atoms with Crippen molar-refractivity contribution in [1.82, 2.24) is 13.9 Å². The highest BCUT2D eigenvalue weighted by molar-refractivity contribution is 14.1. The lowest BCUT2D eigenvalue weighted by Crippen LogP contribution is -2.40. The summed E-state index contributed by atoms with van der Waals surface area (Å²) in [4.78, 5) is 54.2. The van der Waals surface area contributed by atoms with Crippen molar-refractivity contribution in [2.45, 2.75) is 24.9 Å². The van der Waals surface area contributed by atoms with Crippen LogP contribution in [-0.2, 0) is 16.1 Å². The number of phenolic OH excluding ortho intramolecular Hbond substituents is 1. The summed E-state index contributed by atoms with van der Waals surface area (Å²) in [5.41, 5.74) is 1.30. The molecule has 0 amide bonds. The first-order valence-electron chi connectivity index (χ1n) is 12.5. The summed E-state index contributed by atoms with van der Waals surface area (Å²) < 4.78 is 4.22. The zero-order valence-corrected chi connectivity index (χ0v) is 22.5. The van der Waals surface area contributed by atoms with Crippen LogP contribution in [0.5, 0.6) is 5.75 Å². The number of hydrogen-bond donors (Lipinski definition) is 1. The van der Waals surface area contributed by atoms with E-state index >= 15 is 0 Å². The van der Waals surface area contributed by atoms with Gasteiger partial charge in [0, 0.05) is 35.1 Å². The van der Waals surface area contributed by atoms with Crippen molar-refractivity contribution in [3.8, 4) is 11.4 Å². The molecular formula is C30H20IN3O5. The number of benzene rings is 3. The van der Waals surface area contributed by atoms with E-state index in [1.165, 1.54) is 15.4 Å². The van der Waals surface area contributed by atoms with Crippen molar-refractivity contribution >= 4 is 44.9 Å². The van der Waals surface area contributed by atoms with Gasteiger partial charge in [-0.3, -0.25) is 9.59 Å². The summed E-state index contributed by atoms with van der Waals surface area (Å²) in [5.74, 6) is -1.34. The second kappa shape index (κ2) is 8.63. The number of nitrogens with zero attached hydrogens (tertiary/aromatic N) is 3. The number of aromatic hydroxyl groups is 1. The second-order valence-corrected chi connectivity index (χ2v) is 11.0. The topological polar surface area (TPSA) is 103 Å². The maximum absolute atomic E-state index is 13.8. The van der Waals surface area contributed by atoms with Gasteiger partial charge in [0.2, 0.25) is 0 Å². The molecule has 0 fully saturated rings. The average Bonchev–Trinajstić information content (AvgIpc) is 3.21. The van der Waals surface area contributed by atoms with Crippen molar-refractivity contribution in [3.05, 3.63) is 126 Å². The summed E-state index contributed by atoms with van der Waals surface area (Å²) >= 11 is 1.88. The predicted molar refractivity (Wildman–Crippen MR) is 154 cm³/mol. The van der Waals surface area contributed by atoms with E-state index in [1.807, 2.05) is 52.9 Å². The number of Topliss-reactive ketones (excluding diaryl/α,β-unsaturated/α-hetero) is 1. The van der Waals surface area contributed by atoms with Crippen LogP contribution < -0.4 is 11.4 Å². The highest BCUT2D eigenvalue weighted by Crippen LogP contribution is 2.53. The number of halogens is 1. The van der Waals surface area contributed by atoms with Gasteiger partial charge in [-0.25, -0.2) is 23.5 Å². The molecule has 0 spiro atoms. The Kier molecular flexibility index (Phi) is 5.28. The normalized spacial score (nSPS) is 20.3. The van der Waals surface area contributed by atoms with Crippen LogP contribution in [0.25, 0.3) is 16.5 Å². The van der Waals surface area contributed by atoms with Crippen molar-refractivity contribution in [1.29, 1.82) is 0 Å². The number of carbonyl (C=O) groups excluding carboxylic acids is 2. The van der Waals surface area contributed by atoms with Gasteiger partial charge in [0.25, 0.3) is 0 Å². The molecule has 1 N–H and O–H groups in total. The number of carbonyl (C=O) groups is 2. The van der Waals surface area contributed by atoms with Crippen LogP contribution in [-0.4, -0.2) is 30.6 Å². The Morgan fingerprint density at radius 2 is 1.62 bits per heavy atom. The van der Waals surface area contributed by atoms with E-state index in [4.69, 9.17) is 0 Å². The molecule has 3 aliphatic rings. The standard InChI is InChI=1S/C30H20IN3O5/c31-21-15-24(36)20-14-22-19(12-13-32-29(38)33(30(39)34(22)32)17-7-2-1-3-8-17)26(27(20)28(21)37)25-18-9-5-4-6-16(18)10-11-23(25)35/h1-12,15,22,26,35H,13-14H2. The number of fused-ring (bicyclic) bond motifs is 4. The Morgan fingerprint density at radius 3 is 2.41 bits per heavy atom. The molecule has 9 heteroatoms. The third-order valence-electron chi connectivity index (χ3n) is 7.85. The number of para-hydroxylation sites is 1. The van der Waals surface area contributed by atoms with Crippen LogP contribution >= 0.6 is 22.6 Å². The van der Waals surface area contributed by atoms with Gasteiger partial charge in [0.05, 0.1) is 21.9 Å². The van der Waals surface area contributed by atoms with Crippen LogP contribution in [0.1, 0.15) is 23.9 Å². The van der Waals surface area contributed by atoms with Crippen LogP contribution in [0.2, 0.25) is 0 Å².